The lowest BCUT2D eigenvalue weighted by Gasteiger charge is -1.95. The molecule has 2 rings (SSSR count). The molecule has 18 heavy (non-hydrogen) atoms. The summed E-state index contributed by atoms with van der Waals surface area (Å²) < 4.78 is 1.23. The van der Waals surface area contributed by atoms with Crippen molar-refractivity contribution in [2.24, 2.45) is 0 Å². The van der Waals surface area contributed by atoms with E-state index in [4.69, 9.17) is 5.11 Å². The van der Waals surface area contributed by atoms with E-state index in [1.807, 2.05) is 6.92 Å². The highest BCUT2D eigenvalue weighted by atomic mass is 32.1. The molecule has 0 bridgehead atoms. The van der Waals surface area contributed by atoms with Crippen molar-refractivity contribution < 1.29 is 14.8 Å². The van der Waals surface area contributed by atoms with E-state index in [1.165, 1.54) is 16.0 Å². The van der Waals surface area contributed by atoms with Crippen LogP contribution in [-0.2, 0) is 6.54 Å². The van der Waals surface area contributed by atoms with Crippen LogP contribution in [0, 0.1) is 17.0 Å². The van der Waals surface area contributed by atoms with E-state index in [0.29, 0.717) is 0 Å². The summed E-state index contributed by atoms with van der Waals surface area (Å²) in [5.74, 6) is -1.42. The van der Waals surface area contributed by atoms with Crippen LogP contribution in [0.25, 0.3) is 0 Å². The molecule has 0 saturated heterocycles. The van der Waals surface area contributed by atoms with Gasteiger partial charge in [0, 0.05) is 11.1 Å². The summed E-state index contributed by atoms with van der Waals surface area (Å²) in [6.07, 6.45) is 2.74. The van der Waals surface area contributed by atoms with Crippen molar-refractivity contribution in [2.75, 3.05) is 0 Å². The molecule has 94 valence electrons. The monoisotopic (exact) mass is 268 g/mol. The van der Waals surface area contributed by atoms with Gasteiger partial charge in [0.2, 0.25) is 5.69 Å². The third-order valence-electron chi connectivity index (χ3n) is 2.13. The molecule has 0 amide bonds. The average molecular weight is 268 g/mol. The minimum Gasteiger partial charge on any atom is -0.476 e. The minimum absolute atomic E-state index is 0.264. The molecule has 0 fully saturated rings. The molecule has 2 aromatic rings. The number of hydrogen-bond acceptors (Lipinski definition) is 6. The Morgan fingerprint density at radius 1 is 1.67 bits per heavy atom. The molecule has 0 aliphatic carbocycles. The molecule has 8 nitrogen and oxygen atoms in total. The molecule has 1 N–H and O–H groups in total. The van der Waals surface area contributed by atoms with E-state index in [9.17, 15) is 14.9 Å². The number of nitrogens with zero attached hydrogens (tertiary/aromatic N) is 4. The second-order valence-corrected chi connectivity index (χ2v) is 4.79. The van der Waals surface area contributed by atoms with Gasteiger partial charge < -0.3 is 5.11 Å². The van der Waals surface area contributed by atoms with Gasteiger partial charge in [-0.2, -0.15) is 5.10 Å². The zero-order chi connectivity index (χ0) is 13.3. The molecule has 0 unspecified atom stereocenters. The van der Waals surface area contributed by atoms with Gasteiger partial charge in [-0.15, -0.1) is 11.3 Å². The van der Waals surface area contributed by atoms with E-state index >= 15 is 0 Å². The van der Waals surface area contributed by atoms with Crippen LogP contribution in [0.15, 0.2) is 12.4 Å². The van der Waals surface area contributed by atoms with Gasteiger partial charge in [0.15, 0.2) is 0 Å². The number of aryl methyl sites for hydroxylation is 1. The van der Waals surface area contributed by atoms with Crippen LogP contribution in [0.4, 0.5) is 5.69 Å². The van der Waals surface area contributed by atoms with Crippen molar-refractivity contribution >= 4 is 23.0 Å². The van der Waals surface area contributed by atoms with Crippen LogP contribution < -0.4 is 0 Å². The Labute approximate surface area is 105 Å². The number of carbonyl (C=O) groups is 1. The lowest BCUT2D eigenvalue weighted by atomic mass is 10.4. The Hall–Kier alpha value is -2.29. The lowest BCUT2D eigenvalue weighted by Crippen LogP contribution is -2.04. The van der Waals surface area contributed by atoms with E-state index in [2.05, 4.69) is 10.1 Å². The minimum atomic E-state index is -1.42. The molecule has 9 heteroatoms. The zero-order valence-electron chi connectivity index (χ0n) is 9.23. The molecule has 0 aliphatic rings. The van der Waals surface area contributed by atoms with Crippen LogP contribution in [0.1, 0.15) is 20.4 Å². The van der Waals surface area contributed by atoms with E-state index in [0.717, 1.165) is 16.1 Å². The zero-order valence-corrected chi connectivity index (χ0v) is 10.0. The summed E-state index contributed by atoms with van der Waals surface area (Å²) in [5, 5.41) is 24.0. The van der Waals surface area contributed by atoms with Gasteiger partial charge in [-0.25, -0.2) is 9.78 Å². The predicted molar refractivity (Wildman–Crippen MR) is 61.8 cm³/mol. The van der Waals surface area contributed by atoms with Crippen LogP contribution >= 0.6 is 11.3 Å². The molecular formula is C9H8N4O4S. The third kappa shape index (κ3) is 2.35. The molecular weight excluding hydrogens is 260 g/mol. The van der Waals surface area contributed by atoms with Crippen LogP contribution in [0.5, 0.6) is 0 Å². The summed E-state index contributed by atoms with van der Waals surface area (Å²) in [7, 11) is 0. The van der Waals surface area contributed by atoms with Gasteiger partial charge in [0.05, 0.1) is 16.5 Å². The second-order valence-electron chi connectivity index (χ2n) is 3.47. The smallest absolute Gasteiger partial charge is 0.363 e. The first-order valence-corrected chi connectivity index (χ1v) is 5.65. The van der Waals surface area contributed by atoms with Gasteiger partial charge in [-0.05, 0) is 6.92 Å². The first-order valence-electron chi connectivity index (χ1n) is 4.84. The molecule has 2 heterocycles. The number of nitro groups is 1. The second kappa shape index (κ2) is 4.53. The molecule has 0 spiro atoms. The van der Waals surface area contributed by atoms with Crippen molar-refractivity contribution in [1.82, 2.24) is 14.8 Å². The maximum Gasteiger partial charge on any atom is 0.363 e. The predicted octanol–water partition coefficient (Wildman–Crippen LogP) is 1.30. The van der Waals surface area contributed by atoms with Gasteiger partial charge in [-0.3, -0.25) is 14.8 Å². The molecule has 0 atom stereocenters. The summed E-state index contributed by atoms with van der Waals surface area (Å²) in [4.78, 5) is 25.6. The van der Waals surface area contributed by atoms with E-state index < -0.39 is 22.3 Å². The van der Waals surface area contributed by atoms with Gasteiger partial charge in [-0.1, -0.05) is 0 Å². The van der Waals surface area contributed by atoms with Crippen LogP contribution in [-0.4, -0.2) is 30.8 Å². The first kappa shape index (κ1) is 12.2. The van der Waals surface area contributed by atoms with Gasteiger partial charge >= 0.3 is 11.7 Å². The topological polar surface area (TPSA) is 111 Å². The molecule has 0 radical (unpaired) electrons. The molecule has 0 saturated carbocycles. The van der Waals surface area contributed by atoms with Crippen molar-refractivity contribution in [1.29, 1.82) is 0 Å². The highest BCUT2D eigenvalue weighted by molar-refractivity contribution is 7.11. The van der Waals surface area contributed by atoms with Gasteiger partial charge in [0.25, 0.3) is 0 Å². The standard InChI is InChI=1S/C9H8N4O4S/c1-5-10-2-6(18-5)3-12-4-7(13(16)17)8(11-12)9(14)15/h2,4H,3H2,1H3,(H,14,15). The quantitative estimate of drug-likeness (QED) is 0.660. The van der Waals surface area contributed by atoms with Crippen LogP contribution in [0.3, 0.4) is 0 Å². The number of rotatable bonds is 4. The SMILES string of the molecule is Cc1ncc(Cn2cc([N+](=O)[O-])c(C(=O)O)n2)s1. The molecule has 0 aromatic carbocycles. The van der Waals surface area contributed by atoms with E-state index in [-0.39, 0.29) is 6.54 Å². The number of thiazole rings is 1. The number of aromatic nitrogens is 3. The number of aromatic carboxylic acids is 1. The maximum atomic E-state index is 10.8. The maximum absolute atomic E-state index is 10.8. The highest BCUT2D eigenvalue weighted by Crippen LogP contribution is 2.19. The average Bonchev–Trinajstić information content (AvgIpc) is 2.85. The largest absolute Gasteiger partial charge is 0.476 e. The molecule has 0 aliphatic heterocycles. The van der Waals surface area contributed by atoms with Crippen molar-refractivity contribution in [2.45, 2.75) is 13.5 Å². The third-order valence-corrected chi connectivity index (χ3v) is 3.03. The normalized spacial score (nSPS) is 10.5. The summed E-state index contributed by atoms with van der Waals surface area (Å²) in [6, 6.07) is 0. The highest BCUT2D eigenvalue weighted by Gasteiger charge is 2.25. The van der Waals surface area contributed by atoms with Crippen molar-refractivity contribution in [3.05, 3.63) is 38.1 Å². The fraction of sp³-hybridized carbons (Fsp3) is 0.222. The fourth-order valence-electron chi connectivity index (χ4n) is 1.42. The van der Waals surface area contributed by atoms with Crippen LogP contribution in [0.2, 0.25) is 0 Å². The molecule has 2 aromatic heterocycles. The fourth-order valence-corrected chi connectivity index (χ4v) is 2.20. The Bertz CT molecular complexity index is 586. The Morgan fingerprint density at radius 2 is 2.39 bits per heavy atom. The number of carboxylic acids is 1. The van der Waals surface area contributed by atoms with Crippen molar-refractivity contribution in [3.8, 4) is 0 Å². The van der Waals surface area contributed by atoms with Crippen molar-refractivity contribution in [3.63, 3.8) is 0 Å². The van der Waals surface area contributed by atoms with E-state index in [1.54, 1.807) is 6.20 Å². The summed E-state index contributed by atoms with van der Waals surface area (Å²) >= 11 is 1.43. The first-order chi connectivity index (χ1) is 8.47. The number of carboxylic acid groups (broad SMARTS) is 1. The Balaban J connectivity index is 2.32. The Kier molecular flexibility index (Phi) is 3.06. The lowest BCUT2D eigenvalue weighted by molar-refractivity contribution is -0.385. The summed E-state index contributed by atoms with van der Waals surface area (Å²) in [6.45, 7) is 2.10. The van der Waals surface area contributed by atoms with Gasteiger partial charge in [0.1, 0.15) is 6.20 Å². The Morgan fingerprint density at radius 3 is 2.83 bits per heavy atom. The number of hydrogen-bond donors (Lipinski definition) is 1. The summed E-state index contributed by atoms with van der Waals surface area (Å²) in [5.41, 5.74) is -1.06.